The fourth-order valence-corrected chi connectivity index (χ4v) is 4.67. The number of hydrogen-bond donors (Lipinski definition) is 0. The molecule has 4 rings (SSSR count). The van der Waals surface area contributed by atoms with Crippen LogP contribution in [0.15, 0.2) is 21.3 Å². The van der Waals surface area contributed by atoms with Crippen molar-refractivity contribution in [3.05, 3.63) is 39.4 Å². The number of nitrogens with zero attached hydrogens (tertiary/aromatic N) is 2. The second-order valence-electron chi connectivity index (χ2n) is 7.28. The first-order valence-corrected chi connectivity index (χ1v) is 9.91. The molecule has 1 saturated heterocycles. The van der Waals surface area contributed by atoms with Crippen LogP contribution < -0.4 is 0 Å². The third kappa shape index (κ3) is 3.14. The largest absolute Gasteiger partial charge is 0.361 e. The highest BCUT2D eigenvalue weighted by molar-refractivity contribution is 7.07. The molecule has 3 heterocycles. The highest BCUT2D eigenvalue weighted by atomic mass is 32.1. The Morgan fingerprint density at radius 1 is 1.38 bits per heavy atom. The maximum atomic E-state index is 12.4. The average molecular weight is 344 g/mol. The minimum absolute atomic E-state index is 0.250. The van der Waals surface area contributed by atoms with E-state index in [1.807, 2.05) is 16.3 Å². The van der Waals surface area contributed by atoms with E-state index in [0.717, 1.165) is 56.0 Å². The van der Waals surface area contributed by atoms with Crippen LogP contribution in [0.3, 0.4) is 0 Å². The average Bonchev–Trinajstić information content (AvgIpc) is 3.24. The standard InChI is InChI=1S/C19H24N2O2S/c1-13-2-3-17-16(10-13)19(23-20-17)15-4-7-21(8-5-15)18(22)11-14-6-9-24-12-14/h6,9,12-13,15H,2-5,7-8,10-11H2,1H3. The van der Waals surface area contributed by atoms with Crippen molar-refractivity contribution in [2.24, 2.45) is 5.92 Å². The van der Waals surface area contributed by atoms with E-state index >= 15 is 0 Å². The minimum atomic E-state index is 0.250. The summed E-state index contributed by atoms with van der Waals surface area (Å²) in [5.41, 5.74) is 3.68. The fourth-order valence-electron chi connectivity index (χ4n) is 4.00. The number of rotatable bonds is 3. The molecule has 24 heavy (non-hydrogen) atoms. The molecule has 1 aliphatic carbocycles. The number of carbonyl (C=O) groups is 1. The lowest BCUT2D eigenvalue weighted by Gasteiger charge is -2.31. The Labute approximate surface area is 146 Å². The molecule has 0 spiro atoms. The van der Waals surface area contributed by atoms with Crippen LogP contribution in [0.1, 0.15) is 54.7 Å². The van der Waals surface area contributed by atoms with Crippen LogP contribution in [0.5, 0.6) is 0 Å². The molecule has 0 radical (unpaired) electrons. The van der Waals surface area contributed by atoms with Crippen LogP contribution >= 0.6 is 11.3 Å². The fraction of sp³-hybridized carbons (Fsp3) is 0.579. The van der Waals surface area contributed by atoms with Gasteiger partial charge < -0.3 is 9.42 Å². The van der Waals surface area contributed by atoms with E-state index < -0.39 is 0 Å². The Bertz CT molecular complexity index is 699. The molecule has 0 bridgehead atoms. The van der Waals surface area contributed by atoms with Crippen LogP contribution in [0.4, 0.5) is 0 Å². The molecule has 4 nitrogen and oxygen atoms in total. The number of carbonyl (C=O) groups excluding carboxylic acids is 1. The number of aromatic nitrogens is 1. The number of aryl methyl sites for hydroxylation is 1. The molecule has 1 amide bonds. The van der Waals surface area contributed by atoms with Crippen molar-refractivity contribution in [1.29, 1.82) is 0 Å². The predicted octanol–water partition coefficient (Wildman–Crippen LogP) is 3.81. The molecular formula is C19H24N2O2S. The topological polar surface area (TPSA) is 46.3 Å². The van der Waals surface area contributed by atoms with Gasteiger partial charge in [0.15, 0.2) is 0 Å². The zero-order valence-electron chi connectivity index (χ0n) is 14.2. The number of likely N-dealkylation sites (tertiary alicyclic amines) is 1. The van der Waals surface area contributed by atoms with Gasteiger partial charge in [-0.2, -0.15) is 11.3 Å². The van der Waals surface area contributed by atoms with E-state index in [1.54, 1.807) is 11.3 Å². The summed E-state index contributed by atoms with van der Waals surface area (Å²) in [6.45, 7) is 3.97. The van der Waals surface area contributed by atoms with E-state index in [9.17, 15) is 4.79 Å². The van der Waals surface area contributed by atoms with Gasteiger partial charge in [-0.3, -0.25) is 4.79 Å². The molecule has 1 aliphatic heterocycles. The lowest BCUT2D eigenvalue weighted by molar-refractivity contribution is -0.131. The van der Waals surface area contributed by atoms with Gasteiger partial charge >= 0.3 is 0 Å². The normalized spacial score (nSPS) is 21.7. The molecule has 0 aromatic carbocycles. The van der Waals surface area contributed by atoms with E-state index in [0.29, 0.717) is 12.3 Å². The molecule has 0 N–H and O–H groups in total. The molecule has 1 atom stereocenters. The lowest BCUT2D eigenvalue weighted by Crippen LogP contribution is -2.38. The Hall–Kier alpha value is -1.62. The minimum Gasteiger partial charge on any atom is -0.361 e. The van der Waals surface area contributed by atoms with E-state index in [4.69, 9.17) is 4.52 Å². The van der Waals surface area contributed by atoms with Crippen molar-refractivity contribution in [3.8, 4) is 0 Å². The Morgan fingerprint density at radius 2 is 2.21 bits per heavy atom. The highest BCUT2D eigenvalue weighted by Crippen LogP contribution is 2.36. The second kappa shape index (κ2) is 6.71. The van der Waals surface area contributed by atoms with Gasteiger partial charge in [-0.25, -0.2) is 0 Å². The molecule has 0 saturated carbocycles. The zero-order chi connectivity index (χ0) is 16.5. The lowest BCUT2D eigenvalue weighted by atomic mass is 9.83. The molecular weight excluding hydrogens is 320 g/mol. The van der Waals surface area contributed by atoms with Crippen molar-refractivity contribution in [3.63, 3.8) is 0 Å². The Balaban J connectivity index is 1.38. The molecule has 1 unspecified atom stereocenters. The highest BCUT2D eigenvalue weighted by Gasteiger charge is 2.31. The molecule has 2 aromatic rings. The third-order valence-electron chi connectivity index (χ3n) is 5.48. The van der Waals surface area contributed by atoms with E-state index in [2.05, 4.69) is 17.5 Å². The number of thiophene rings is 1. The SMILES string of the molecule is CC1CCc2noc(C3CCN(C(=O)Cc4ccsc4)CC3)c2C1. The van der Waals surface area contributed by atoms with Crippen LogP contribution in [-0.2, 0) is 24.1 Å². The van der Waals surface area contributed by atoms with Gasteiger partial charge in [0.1, 0.15) is 5.76 Å². The maximum Gasteiger partial charge on any atom is 0.227 e. The van der Waals surface area contributed by atoms with Crippen LogP contribution in [0.25, 0.3) is 0 Å². The molecule has 5 heteroatoms. The quantitative estimate of drug-likeness (QED) is 0.850. The first-order chi connectivity index (χ1) is 11.7. The summed E-state index contributed by atoms with van der Waals surface area (Å²) >= 11 is 1.65. The van der Waals surface area contributed by atoms with Gasteiger partial charge in [0.25, 0.3) is 0 Å². The second-order valence-corrected chi connectivity index (χ2v) is 8.06. The molecule has 128 valence electrons. The summed E-state index contributed by atoms with van der Waals surface area (Å²) in [6, 6.07) is 2.04. The summed E-state index contributed by atoms with van der Waals surface area (Å²) in [5.74, 6) is 2.52. The summed E-state index contributed by atoms with van der Waals surface area (Å²) < 4.78 is 5.73. The van der Waals surface area contributed by atoms with Gasteiger partial charge in [-0.05, 0) is 60.4 Å². The maximum absolute atomic E-state index is 12.4. The molecule has 2 aliphatic rings. The summed E-state index contributed by atoms with van der Waals surface area (Å²) in [6.07, 6.45) is 5.89. The van der Waals surface area contributed by atoms with Gasteiger partial charge in [0.2, 0.25) is 5.91 Å². The predicted molar refractivity (Wildman–Crippen MR) is 94.3 cm³/mol. The van der Waals surface area contributed by atoms with Crippen LogP contribution in [0.2, 0.25) is 0 Å². The van der Waals surface area contributed by atoms with Crippen molar-refractivity contribution in [1.82, 2.24) is 10.1 Å². The van der Waals surface area contributed by atoms with Crippen molar-refractivity contribution in [2.45, 2.75) is 51.4 Å². The van der Waals surface area contributed by atoms with Crippen molar-refractivity contribution >= 4 is 17.2 Å². The number of amides is 1. The third-order valence-corrected chi connectivity index (χ3v) is 6.21. The Kier molecular flexibility index (Phi) is 4.44. The van der Waals surface area contributed by atoms with Gasteiger partial charge in [-0.15, -0.1) is 0 Å². The molecule has 2 aromatic heterocycles. The van der Waals surface area contributed by atoms with Gasteiger partial charge in [0, 0.05) is 24.6 Å². The van der Waals surface area contributed by atoms with Crippen molar-refractivity contribution in [2.75, 3.05) is 13.1 Å². The van der Waals surface area contributed by atoms with Crippen LogP contribution in [-0.4, -0.2) is 29.1 Å². The zero-order valence-corrected chi connectivity index (χ0v) is 15.0. The van der Waals surface area contributed by atoms with Crippen molar-refractivity contribution < 1.29 is 9.32 Å². The van der Waals surface area contributed by atoms with E-state index in [-0.39, 0.29) is 5.91 Å². The van der Waals surface area contributed by atoms with Gasteiger partial charge in [-0.1, -0.05) is 12.1 Å². The van der Waals surface area contributed by atoms with E-state index in [1.165, 1.54) is 17.7 Å². The smallest absolute Gasteiger partial charge is 0.227 e. The first-order valence-electron chi connectivity index (χ1n) is 8.97. The monoisotopic (exact) mass is 344 g/mol. The summed E-state index contributed by atoms with van der Waals surface area (Å²) in [5, 5.41) is 8.41. The summed E-state index contributed by atoms with van der Waals surface area (Å²) in [4.78, 5) is 14.4. The van der Waals surface area contributed by atoms with Gasteiger partial charge in [0.05, 0.1) is 12.1 Å². The first kappa shape index (κ1) is 15.9. The Morgan fingerprint density at radius 3 is 2.96 bits per heavy atom. The number of piperidine rings is 1. The van der Waals surface area contributed by atoms with Crippen LogP contribution in [0, 0.1) is 5.92 Å². The number of hydrogen-bond acceptors (Lipinski definition) is 4. The number of fused-ring (bicyclic) bond motifs is 1. The molecule has 1 fully saturated rings. The summed E-state index contributed by atoms with van der Waals surface area (Å²) in [7, 11) is 0.